The van der Waals surface area contributed by atoms with Gasteiger partial charge in [0.05, 0.1) is 23.8 Å². The molecule has 0 spiro atoms. The third kappa shape index (κ3) is 4.40. The molecular weight excluding hydrogens is 437 g/mol. The number of thioether (sulfide) groups is 1. The fraction of sp³-hybridized carbons (Fsp3) is 0.409. The van der Waals surface area contributed by atoms with Crippen molar-refractivity contribution in [2.45, 2.75) is 38.6 Å². The van der Waals surface area contributed by atoms with Gasteiger partial charge in [0.15, 0.2) is 5.16 Å². The topological polar surface area (TPSA) is 64.4 Å². The molecule has 3 heterocycles. The summed E-state index contributed by atoms with van der Waals surface area (Å²) in [5.41, 5.74) is 1.46. The smallest absolute Gasteiger partial charge is 0.263 e. The van der Waals surface area contributed by atoms with Crippen LogP contribution in [-0.2, 0) is 16.1 Å². The van der Waals surface area contributed by atoms with E-state index in [2.05, 4.69) is 0 Å². The van der Waals surface area contributed by atoms with Gasteiger partial charge in [0.2, 0.25) is 5.91 Å². The van der Waals surface area contributed by atoms with Crippen molar-refractivity contribution >= 4 is 39.2 Å². The molecule has 2 aromatic heterocycles. The highest BCUT2D eigenvalue weighted by Gasteiger charge is 2.23. The van der Waals surface area contributed by atoms with Crippen molar-refractivity contribution in [3.05, 3.63) is 45.3 Å². The van der Waals surface area contributed by atoms with Gasteiger partial charge in [-0.2, -0.15) is 0 Å². The number of benzene rings is 1. The summed E-state index contributed by atoms with van der Waals surface area (Å²) in [6.07, 6.45) is 0.0324. The van der Waals surface area contributed by atoms with E-state index < -0.39 is 0 Å². The summed E-state index contributed by atoms with van der Waals surface area (Å²) in [7, 11) is 0. The fourth-order valence-electron chi connectivity index (χ4n) is 3.79. The Morgan fingerprint density at radius 2 is 2.10 bits per heavy atom. The van der Waals surface area contributed by atoms with Crippen molar-refractivity contribution in [1.82, 2.24) is 14.5 Å². The molecule has 3 aromatic rings. The zero-order valence-electron chi connectivity index (χ0n) is 17.7. The Morgan fingerprint density at radius 1 is 1.35 bits per heavy atom. The van der Waals surface area contributed by atoms with E-state index in [1.165, 1.54) is 35.2 Å². The first kappa shape index (κ1) is 22.0. The average molecular weight is 462 g/mol. The number of rotatable bonds is 5. The summed E-state index contributed by atoms with van der Waals surface area (Å²) in [6.45, 7) is 7.94. The third-order valence-corrected chi connectivity index (χ3v) is 7.28. The van der Waals surface area contributed by atoms with Gasteiger partial charge in [0.25, 0.3) is 5.56 Å². The Kier molecular flexibility index (Phi) is 6.45. The van der Waals surface area contributed by atoms with Gasteiger partial charge in [-0.05, 0) is 38.5 Å². The summed E-state index contributed by atoms with van der Waals surface area (Å²) >= 11 is 2.74. The highest BCUT2D eigenvalue weighted by atomic mass is 32.2. The van der Waals surface area contributed by atoms with Gasteiger partial charge in [0.1, 0.15) is 10.6 Å². The van der Waals surface area contributed by atoms with Gasteiger partial charge in [-0.1, -0.05) is 23.9 Å². The van der Waals surface area contributed by atoms with E-state index in [9.17, 15) is 14.0 Å². The van der Waals surface area contributed by atoms with Gasteiger partial charge < -0.3 is 9.64 Å². The van der Waals surface area contributed by atoms with E-state index in [0.717, 1.165) is 16.0 Å². The number of amides is 1. The first-order valence-corrected chi connectivity index (χ1v) is 12.0. The van der Waals surface area contributed by atoms with E-state index in [0.29, 0.717) is 41.6 Å². The minimum absolute atomic E-state index is 0.0199. The number of carbonyl (C=O) groups excluding carboxylic acids is 1. The summed E-state index contributed by atoms with van der Waals surface area (Å²) in [5, 5.41) is 1.09. The van der Waals surface area contributed by atoms with Crippen LogP contribution in [0.15, 0.2) is 34.2 Å². The maximum absolute atomic E-state index is 13.4. The molecule has 0 N–H and O–H groups in total. The van der Waals surface area contributed by atoms with Gasteiger partial charge in [-0.25, -0.2) is 9.37 Å². The Hall–Kier alpha value is -2.23. The number of nitrogens with zero attached hydrogens (tertiary/aromatic N) is 3. The predicted octanol–water partition coefficient (Wildman–Crippen LogP) is 3.93. The van der Waals surface area contributed by atoms with Crippen LogP contribution in [0, 0.1) is 12.7 Å². The second kappa shape index (κ2) is 9.10. The van der Waals surface area contributed by atoms with Gasteiger partial charge in [0, 0.05) is 30.1 Å². The van der Waals surface area contributed by atoms with Crippen LogP contribution in [0.5, 0.6) is 0 Å². The molecule has 1 amide bonds. The maximum Gasteiger partial charge on any atom is 0.263 e. The molecule has 6 nitrogen and oxygen atoms in total. The molecule has 4 rings (SSSR count). The Bertz CT molecular complexity index is 1170. The van der Waals surface area contributed by atoms with Crippen LogP contribution in [0.25, 0.3) is 21.3 Å². The summed E-state index contributed by atoms with van der Waals surface area (Å²) in [5.74, 6) is -0.0746. The van der Waals surface area contributed by atoms with Crippen molar-refractivity contribution in [2.75, 3.05) is 25.4 Å². The Balaban J connectivity index is 1.67. The molecule has 0 bridgehead atoms. The van der Waals surface area contributed by atoms with Crippen LogP contribution >= 0.6 is 23.1 Å². The van der Waals surface area contributed by atoms with E-state index in [1.807, 2.05) is 20.8 Å². The van der Waals surface area contributed by atoms with Crippen molar-refractivity contribution in [2.24, 2.45) is 0 Å². The SMILES string of the molecule is CCn1c(SCC(=O)N2CCOC(C)C2)nc2sc(C)c(-c3ccc(F)cc3)c2c1=O. The number of hydrogen-bond donors (Lipinski definition) is 0. The molecule has 0 radical (unpaired) electrons. The van der Waals surface area contributed by atoms with Crippen LogP contribution in [0.4, 0.5) is 4.39 Å². The van der Waals surface area contributed by atoms with Crippen LogP contribution in [0.1, 0.15) is 18.7 Å². The number of ether oxygens (including phenoxy) is 1. The molecule has 1 atom stereocenters. The number of aromatic nitrogens is 2. The van der Waals surface area contributed by atoms with Gasteiger partial charge in [-0.15, -0.1) is 11.3 Å². The summed E-state index contributed by atoms with van der Waals surface area (Å²) in [6, 6.07) is 6.16. The van der Waals surface area contributed by atoms with E-state index in [1.54, 1.807) is 21.6 Å². The minimum Gasteiger partial charge on any atom is -0.375 e. The Morgan fingerprint density at radius 3 is 2.77 bits per heavy atom. The lowest BCUT2D eigenvalue weighted by molar-refractivity contribution is -0.135. The fourth-order valence-corrected chi connectivity index (χ4v) is 5.84. The zero-order valence-corrected chi connectivity index (χ0v) is 19.3. The molecule has 0 aliphatic carbocycles. The van der Waals surface area contributed by atoms with Crippen LogP contribution in [0.3, 0.4) is 0 Å². The van der Waals surface area contributed by atoms with Crippen molar-refractivity contribution in [3.63, 3.8) is 0 Å². The standard InChI is InChI=1S/C22H24FN3O3S2/c1-4-26-21(28)19-18(15-5-7-16(23)8-6-15)14(3)31-20(19)24-22(26)30-12-17(27)25-9-10-29-13(2)11-25/h5-8,13H,4,9-12H2,1-3H3. The number of halogens is 1. The van der Waals surface area contributed by atoms with Crippen LogP contribution in [0.2, 0.25) is 0 Å². The number of thiophene rings is 1. The number of fused-ring (bicyclic) bond motifs is 1. The molecule has 1 aliphatic heterocycles. The second-order valence-corrected chi connectivity index (χ2v) is 9.62. The second-order valence-electron chi connectivity index (χ2n) is 7.47. The van der Waals surface area contributed by atoms with Crippen molar-refractivity contribution < 1.29 is 13.9 Å². The van der Waals surface area contributed by atoms with E-state index in [4.69, 9.17) is 9.72 Å². The lowest BCUT2D eigenvalue weighted by atomic mass is 10.0. The number of morpholine rings is 1. The number of aryl methyl sites for hydroxylation is 1. The van der Waals surface area contributed by atoms with Crippen LogP contribution < -0.4 is 5.56 Å². The molecule has 1 saturated heterocycles. The molecule has 31 heavy (non-hydrogen) atoms. The monoisotopic (exact) mass is 461 g/mol. The predicted molar refractivity (Wildman–Crippen MR) is 122 cm³/mol. The highest BCUT2D eigenvalue weighted by molar-refractivity contribution is 7.99. The van der Waals surface area contributed by atoms with E-state index >= 15 is 0 Å². The molecule has 0 saturated carbocycles. The first-order chi connectivity index (χ1) is 14.9. The third-order valence-electron chi connectivity index (χ3n) is 5.32. The largest absolute Gasteiger partial charge is 0.375 e. The molecular formula is C22H24FN3O3S2. The van der Waals surface area contributed by atoms with Crippen molar-refractivity contribution in [1.29, 1.82) is 0 Å². The van der Waals surface area contributed by atoms with Crippen LogP contribution in [-0.4, -0.2) is 51.9 Å². The lowest BCUT2D eigenvalue weighted by Gasteiger charge is -2.31. The lowest BCUT2D eigenvalue weighted by Crippen LogP contribution is -2.45. The zero-order chi connectivity index (χ0) is 22.1. The number of hydrogen-bond acceptors (Lipinski definition) is 6. The average Bonchev–Trinajstić information content (AvgIpc) is 3.08. The Labute approximate surface area is 188 Å². The molecule has 1 fully saturated rings. The first-order valence-electron chi connectivity index (χ1n) is 10.2. The molecule has 1 aromatic carbocycles. The quantitative estimate of drug-likeness (QED) is 0.426. The van der Waals surface area contributed by atoms with Gasteiger partial charge in [-0.3, -0.25) is 14.2 Å². The van der Waals surface area contributed by atoms with Crippen molar-refractivity contribution in [3.8, 4) is 11.1 Å². The summed E-state index contributed by atoms with van der Waals surface area (Å²) < 4.78 is 20.5. The maximum atomic E-state index is 13.4. The molecule has 1 aliphatic rings. The highest BCUT2D eigenvalue weighted by Crippen LogP contribution is 2.36. The minimum atomic E-state index is -0.317. The van der Waals surface area contributed by atoms with E-state index in [-0.39, 0.29) is 29.1 Å². The molecule has 9 heteroatoms. The summed E-state index contributed by atoms with van der Waals surface area (Å²) in [4.78, 5) is 34.2. The molecule has 164 valence electrons. The molecule has 1 unspecified atom stereocenters. The normalized spacial score (nSPS) is 16.8. The van der Waals surface area contributed by atoms with Gasteiger partial charge >= 0.3 is 0 Å². The number of carbonyl (C=O) groups is 1.